The Balaban J connectivity index is 1.63. The van der Waals surface area contributed by atoms with Crippen LogP contribution in [0.3, 0.4) is 0 Å². The van der Waals surface area contributed by atoms with Gasteiger partial charge in [-0.2, -0.15) is 13.2 Å². The van der Waals surface area contributed by atoms with Gasteiger partial charge in [0.05, 0.1) is 0 Å². The Morgan fingerprint density at radius 3 is 2.06 bits per heavy atom. The van der Waals surface area contributed by atoms with E-state index in [2.05, 4.69) is 5.32 Å². The highest BCUT2D eigenvalue weighted by Crippen LogP contribution is 2.44. The van der Waals surface area contributed by atoms with Crippen molar-refractivity contribution in [3.05, 3.63) is 59.7 Å². The number of nitrogens with one attached hydrogen (secondary N) is 2. The van der Waals surface area contributed by atoms with Crippen molar-refractivity contribution < 1.29 is 37.4 Å². The first-order valence-corrected chi connectivity index (χ1v) is 11.2. The van der Waals surface area contributed by atoms with E-state index in [0.717, 1.165) is 22.3 Å². The van der Waals surface area contributed by atoms with Crippen LogP contribution in [0.1, 0.15) is 50.2 Å². The molecule has 3 N–H and O–H groups in total. The van der Waals surface area contributed by atoms with Crippen LogP contribution in [0, 0.1) is 0 Å². The highest BCUT2D eigenvalue weighted by atomic mass is 19.4. The van der Waals surface area contributed by atoms with Crippen LogP contribution in [-0.2, 0) is 14.3 Å². The topological polar surface area (TPSA) is 105 Å². The first kappa shape index (κ1) is 26.1. The number of hydrogen-bond acceptors (Lipinski definition) is 4. The molecule has 2 aromatic carbocycles. The molecular formula is C25H27F3N2O5. The number of rotatable bonds is 9. The maximum atomic E-state index is 13.2. The summed E-state index contributed by atoms with van der Waals surface area (Å²) in [5.41, 5.74) is 0.717. The van der Waals surface area contributed by atoms with E-state index in [0.29, 0.717) is 13.3 Å². The average molecular weight is 492 g/mol. The first-order valence-electron chi connectivity index (χ1n) is 11.2. The molecule has 0 radical (unpaired) electrons. The Morgan fingerprint density at radius 1 is 1.03 bits per heavy atom. The molecular weight excluding hydrogens is 465 g/mol. The van der Waals surface area contributed by atoms with Crippen molar-refractivity contribution in [1.82, 2.24) is 10.6 Å². The number of aliphatic carboxylic acids is 1. The van der Waals surface area contributed by atoms with Gasteiger partial charge in [0, 0.05) is 18.4 Å². The molecule has 10 heteroatoms. The lowest BCUT2D eigenvalue weighted by atomic mass is 9.98. The van der Waals surface area contributed by atoms with Gasteiger partial charge in [-0.05, 0) is 35.6 Å². The van der Waals surface area contributed by atoms with E-state index in [1.807, 2.05) is 48.5 Å². The van der Waals surface area contributed by atoms with Gasteiger partial charge in [0.1, 0.15) is 6.61 Å². The second-order valence-electron chi connectivity index (χ2n) is 8.64. The fraction of sp³-hybridized carbons (Fsp3) is 0.400. The van der Waals surface area contributed by atoms with E-state index in [-0.39, 0.29) is 18.9 Å². The van der Waals surface area contributed by atoms with Crippen LogP contribution >= 0.6 is 0 Å². The normalized spacial score (nSPS) is 15.3. The molecule has 0 saturated heterocycles. The predicted molar refractivity (Wildman–Crippen MR) is 122 cm³/mol. The second-order valence-corrected chi connectivity index (χ2v) is 8.64. The number of amides is 2. The number of carbonyl (C=O) groups excluding carboxylic acids is 2. The number of halogens is 3. The van der Waals surface area contributed by atoms with Gasteiger partial charge < -0.3 is 20.5 Å². The van der Waals surface area contributed by atoms with E-state index in [1.165, 1.54) is 5.32 Å². The summed E-state index contributed by atoms with van der Waals surface area (Å²) >= 11 is 0. The van der Waals surface area contributed by atoms with E-state index in [4.69, 9.17) is 9.84 Å². The molecule has 188 valence electrons. The number of carboxylic acid groups (broad SMARTS) is 1. The predicted octanol–water partition coefficient (Wildman–Crippen LogP) is 4.61. The van der Waals surface area contributed by atoms with Crippen molar-refractivity contribution in [3.8, 4) is 11.1 Å². The van der Waals surface area contributed by atoms with Gasteiger partial charge in [-0.1, -0.05) is 61.9 Å². The van der Waals surface area contributed by atoms with Crippen LogP contribution in [0.5, 0.6) is 0 Å². The van der Waals surface area contributed by atoms with Crippen molar-refractivity contribution in [1.29, 1.82) is 0 Å². The fourth-order valence-corrected chi connectivity index (χ4v) is 4.18. The van der Waals surface area contributed by atoms with E-state index >= 15 is 0 Å². The summed E-state index contributed by atoms with van der Waals surface area (Å²) in [6.07, 6.45) is -5.73. The third-order valence-corrected chi connectivity index (χ3v) is 6.12. The average Bonchev–Trinajstić information content (AvgIpc) is 3.10. The van der Waals surface area contributed by atoms with Gasteiger partial charge in [0.25, 0.3) is 0 Å². The number of alkyl halides is 3. The van der Waals surface area contributed by atoms with Gasteiger partial charge in [-0.25, -0.2) is 9.59 Å². The molecule has 2 atom stereocenters. The van der Waals surface area contributed by atoms with Gasteiger partial charge in [-0.3, -0.25) is 4.79 Å². The molecule has 0 heterocycles. The SMILES string of the molecule is CCC[C@H](CC(=O)NC(C)(C(=O)O)C(F)(F)F)NC(=O)OCC1c2ccccc2-c2ccccc21. The van der Waals surface area contributed by atoms with Gasteiger partial charge >= 0.3 is 18.2 Å². The summed E-state index contributed by atoms with van der Waals surface area (Å²) in [5, 5.41) is 13.1. The van der Waals surface area contributed by atoms with E-state index in [1.54, 1.807) is 6.92 Å². The molecule has 1 unspecified atom stereocenters. The minimum Gasteiger partial charge on any atom is -0.479 e. The fourth-order valence-electron chi connectivity index (χ4n) is 4.18. The van der Waals surface area contributed by atoms with Crippen LogP contribution in [0.4, 0.5) is 18.0 Å². The molecule has 7 nitrogen and oxygen atoms in total. The number of alkyl carbamates (subject to hydrolysis) is 1. The number of hydrogen-bond donors (Lipinski definition) is 3. The molecule has 35 heavy (non-hydrogen) atoms. The third-order valence-electron chi connectivity index (χ3n) is 6.12. The van der Waals surface area contributed by atoms with Crippen molar-refractivity contribution in [2.75, 3.05) is 6.61 Å². The zero-order chi connectivity index (χ0) is 25.8. The number of carboxylic acids is 1. The summed E-state index contributed by atoms with van der Waals surface area (Å²) in [6, 6.07) is 14.8. The Hall–Kier alpha value is -3.56. The molecule has 0 aromatic heterocycles. The standard InChI is InChI=1S/C25H27F3N2O5/c1-3-8-15(13-21(31)30-24(2,22(32)33)25(26,27)28)29-23(34)35-14-20-18-11-6-4-9-16(18)17-10-5-7-12-19(17)20/h4-7,9-12,15,20H,3,8,13-14H2,1-2H3,(H,29,34)(H,30,31)(H,32,33)/t15-,24?/m1/s1. The minimum atomic E-state index is -5.20. The molecule has 1 aliphatic rings. The van der Waals surface area contributed by atoms with Crippen molar-refractivity contribution in [3.63, 3.8) is 0 Å². The maximum Gasteiger partial charge on any atom is 0.422 e. The molecule has 2 amide bonds. The van der Waals surface area contributed by atoms with E-state index in [9.17, 15) is 27.6 Å². The lowest BCUT2D eigenvalue weighted by Gasteiger charge is -2.29. The summed E-state index contributed by atoms with van der Waals surface area (Å²) in [4.78, 5) is 35.9. The Kier molecular flexibility index (Phi) is 7.72. The molecule has 0 bridgehead atoms. The van der Waals surface area contributed by atoms with Crippen molar-refractivity contribution in [2.45, 2.75) is 56.8 Å². The first-order chi connectivity index (χ1) is 16.5. The smallest absolute Gasteiger partial charge is 0.422 e. The molecule has 0 aliphatic heterocycles. The van der Waals surface area contributed by atoms with Crippen LogP contribution in [0.25, 0.3) is 11.1 Å². The van der Waals surface area contributed by atoms with Gasteiger partial charge in [0.2, 0.25) is 11.4 Å². The molecule has 0 fully saturated rings. The third kappa shape index (κ3) is 5.58. The van der Waals surface area contributed by atoms with Gasteiger partial charge in [-0.15, -0.1) is 0 Å². The summed E-state index contributed by atoms with van der Waals surface area (Å²) in [7, 11) is 0. The Morgan fingerprint density at radius 2 is 1.57 bits per heavy atom. The molecule has 0 spiro atoms. The number of fused-ring (bicyclic) bond motifs is 3. The number of carbonyl (C=O) groups is 3. The lowest BCUT2D eigenvalue weighted by Crippen LogP contribution is -2.62. The molecule has 2 aromatic rings. The maximum absolute atomic E-state index is 13.2. The molecule has 0 saturated carbocycles. The quantitative estimate of drug-likeness (QED) is 0.474. The van der Waals surface area contributed by atoms with Crippen LogP contribution in [0.15, 0.2) is 48.5 Å². The lowest BCUT2D eigenvalue weighted by molar-refractivity contribution is -0.207. The zero-order valence-electron chi connectivity index (χ0n) is 19.3. The Bertz CT molecular complexity index is 1060. The highest BCUT2D eigenvalue weighted by molar-refractivity contribution is 5.88. The van der Waals surface area contributed by atoms with E-state index < -0.39 is 42.1 Å². The largest absolute Gasteiger partial charge is 0.479 e. The number of ether oxygens (including phenoxy) is 1. The summed E-state index contributed by atoms with van der Waals surface area (Å²) < 4.78 is 45.0. The van der Waals surface area contributed by atoms with Crippen molar-refractivity contribution in [2.24, 2.45) is 0 Å². The zero-order valence-corrected chi connectivity index (χ0v) is 19.3. The number of benzene rings is 2. The summed E-state index contributed by atoms with van der Waals surface area (Å²) in [6.45, 7) is 2.19. The van der Waals surface area contributed by atoms with Gasteiger partial charge in [0.15, 0.2) is 0 Å². The van der Waals surface area contributed by atoms with Crippen LogP contribution in [0.2, 0.25) is 0 Å². The molecule has 3 rings (SSSR count). The highest BCUT2D eigenvalue weighted by Gasteiger charge is 2.58. The minimum absolute atomic E-state index is 0.0378. The summed E-state index contributed by atoms with van der Waals surface area (Å²) in [5.74, 6) is -3.55. The van der Waals surface area contributed by atoms with Crippen LogP contribution in [-0.4, -0.2) is 47.4 Å². The van der Waals surface area contributed by atoms with Crippen molar-refractivity contribution >= 4 is 18.0 Å². The second kappa shape index (κ2) is 10.4. The van der Waals surface area contributed by atoms with Crippen LogP contribution < -0.4 is 10.6 Å². The molecule has 1 aliphatic carbocycles. The Labute approximate surface area is 200 Å². The monoisotopic (exact) mass is 492 g/mol.